The third kappa shape index (κ3) is 7.78. The molecule has 0 aliphatic carbocycles. The first-order chi connectivity index (χ1) is 13.4. The molecule has 0 saturated heterocycles. The first kappa shape index (κ1) is 23.2. The summed E-state index contributed by atoms with van der Waals surface area (Å²) >= 11 is 0. The second kappa shape index (κ2) is 12.5. The van der Waals surface area contributed by atoms with Gasteiger partial charge in [0.25, 0.3) is 6.47 Å². The average molecular weight is 398 g/mol. The highest BCUT2D eigenvalue weighted by molar-refractivity contribution is 5.72. The van der Waals surface area contributed by atoms with Crippen LogP contribution < -0.4 is 15.5 Å². The summed E-state index contributed by atoms with van der Waals surface area (Å²) in [6.07, 6.45) is -0.0182. The minimum Gasteiger partial charge on any atom is -0.461 e. The van der Waals surface area contributed by atoms with Crippen LogP contribution >= 0.6 is 0 Å². The van der Waals surface area contributed by atoms with Gasteiger partial charge in [-0.2, -0.15) is 0 Å². The lowest BCUT2D eigenvalue weighted by Crippen LogP contribution is -2.36. The van der Waals surface area contributed by atoms with Crippen molar-refractivity contribution in [2.24, 2.45) is 0 Å². The number of nitrogens with zero attached hydrogens (tertiary/aromatic N) is 2. The van der Waals surface area contributed by atoms with Crippen LogP contribution in [0.1, 0.15) is 13.8 Å². The number of carbonyl (C=O) groups excluding carboxylic acids is 3. The molecule has 0 aromatic heterocycles. The number of anilines is 2. The second-order valence-electron chi connectivity index (χ2n) is 5.85. The molecule has 0 spiro atoms. The van der Waals surface area contributed by atoms with E-state index in [2.05, 4.69) is 10.6 Å². The first-order valence-corrected chi connectivity index (χ1v) is 8.83. The van der Waals surface area contributed by atoms with Crippen molar-refractivity contribution in [3.8, 4) is 0 Å². The normalized spacial score (nSPS) is 11.3. The van der Waals surface area contributed by atoms with Gasteiger partial charge < -0.3 is 20.3 Å². The van der Waals surface area contributed by atoms with Gasteiger partial charge in [0.15, 0.2) is 0 Å². The fourth-order valence-corrected chi connectivity index (χ4v) is 2.46. The summed E-state index contributed by atoms with van der Waals surface area (Å²) in [7, 11) is 1.39. The molecule has 1 aromatic rings. The van der Waals surface area contributed by atoms with Crippen molar-refractivity contribution in [2.75, 3.05) is 50.1 Å². The summed E-state index contributed by atoms with van der Waals surface area (Å²) in [6, 6.07) is 4.66. The van der Waals surface area contributed by atoms with E-state index in [1.54, 1.807) is 17.0 Å². The van der Waals surface area contributed by atoms with E-state index in [4.69, 9.17) is 9.57 Å². The highest BCUT2D eigenvalue weighted by atomic mass is 19.1. The molecule has 0 unspecified atom stereocenters. The van der Waals surface area contributed by atoms with Gasteiger partial charge in [0.1, 0.15) is 11.9 Å². The van der Waals surface area contributed by atoms with Gasteiger partial charge in [-0.05, 0) is 25.1 Å². The van der Waals surface area contributed by atoms with E-state index in [9.17, 15) is 18.8 Å². The smallest absolute Gasteiger partial charge is 0.293 e. The summed E-state index contributed by atoms with van der Waals surface area (Å²) in [5.41, 5.74) is 0.903. The van der Waals surface area contributed by atoms with Gasteiger partial charge in [-0.1, -0.05) is 0 Å². The average Bonchev–Trinajstić information content (AvgIpc) is 2.68. The Morgan fingerprint density at radius 1 is 1.29 bits per heavy atom. The lowest BCUT2D eigenvalue weighted by Gasteiger charge is -2.26. The fourth-order valence-electron chi connectivity index (χ4n) is 2.46. The molecule has 9 nitrogen and oxygen atoms in total. The Bertz CT molecular complexity index is 646. The molecule has 0 aliphatic rings. The van der Waals surface area contributed by atoms with Gasteiger partial charge in [0.05, 0.1) is 32.4 Å². The molecule has 28 heavy (non-hydrogen) atoms. The number of hydrogen-bond acceptors (Lipinski definition) is 7. The van der Waals surface area contributed by atoms with Crippen molar-refractivity contribution in [3.05, 3.63) is 24.0 Å². The van der Waals surface area contributed by atoms with E-state index in [1.165, 1.54) is 20.1 Å². The highest BCUT2D eigenvalue weighted by Crippen LogP contribution is 2.23. The quantitative estimate of drug-likeness (QED) is 0.353. The monoisotopic (exact) mass is 398 g/mol. The van der Waals surface area contributed by atoms with E-state index < -0.39 is 11.9 Å². The molecule has 2 N–H and O–H groups in total. The number of carbonyl (C=O) groups is 3. The molecular weight excluding hydrogens is 371 g/mol. The van der Waals surface area contributed by atoms with Crippen LogP contribution in [0.25, 0.3) is 0 Å². The fraction of sp³-hybridized carbons (Fsp3) is 0.500. The predicted octanol–water partition coefficient (Wildman–Crippen LogP) is 0.761. The maximum absolute atomic E-state index is 14.6. The maximum Gasteiger partial charge on any atom is 0.293 e. The Hall–Kier alpha value is -2.88. The van der Waals surface area contributed by atoms with Crippen molar-refractivity contribution in [1.82, 2.24) is 10.4 Å². The molecule has 1 atom stereocenters. The van der Waals surface area contributed by atoms with Gasteiger partial charge in [-0.3, -0.25) is 19.2 Å². The molecule has 0 aliphatic heterocycles. The Kier molecular flexibility index (Phi) is 10.3. The Morgan fingerprint density at radius 2 is 2.04 bits per heavy atom. The van der Waals surface area contributed by atoms with Gasteiger partial charge >= 0.3 is 0 Å². The van der Waals surface area contributed by atoms with Crippen LogP contribution in [-0.4, -0.2) is 69.8 Å². The molecule has 156 valence electrons. The number of hydrogen-bond donors (Lipinski definition) is 2. The zero-order chi connectivity index (χ0) is 20.9. The summed E-state index contributed by atoms with van der Waals surface area (Å²) < 4.78 is 19.5. The van der Waals surface area contributed by atoms with E-state index in [-0.39, 0.29) is 19.0 Å². The minimum atomic E-state index is -0.584. The number of likely N-dealkylation sites (N-methyl/N-ethyl adjacent to an activating group) is 1. The molecule has 10 heteroatoms. The summed E-state index contributed by atoms with van der Waals surface area (Å²) in [5, 5.41) is 6.66. The third-order valence-electron chi connectivity index (χ3n) is 3.97. The second-order valence-corrected chi connectivity index (χ2v) is 5.85. The van der Waals surface area contributed by atoms with Crippen molar-refractivity contribution < 1.29 is 28.3 Å². The molecule has 1 rings (SSSR count). The maximum atomic E-state index is 14.6. The van der Waals surface area contributed by atoms with Crippen LogP contribution in [0, 0.1) is 5.82 Å². The highest BCUT2D eigenvalue weighted by Gasteiger charge is 2.14. The van der Waals surface area contributed by atoms with Crippen molar-refractivity contribution in [1.29, 1.82) is 0 Å². The standard InChI is InChI=1S/C18H27FN4O5/c1-4-22(7-8-23(12-24)27-3)18-6-5-15(9-17(18)19)21-11-16(28-13-25)10-20-14(2)26/h5-6,9,12-13,16,21H,4,7-8,10-11H2,1-3H3,(H,20,26)/t16-/m0/s1. The van der Waals surface area contributed by atoms with Crippen LogP contribution in [0.2, 0.25) is 0 Å². The van der Waals surface area contributed by atoms with E-state index >= 15 is 0 Å². The SMILES string of the molecule is CCN(CCN(C=O)OC)c1ccc(NC[C@H](CNC(C)=O)OC=O)cc1F. The largest absolute Gasteiger partial charge is 0.461 e. The minimum absolute atomic E-state index is 0.151. The van der Waals surface area contributed by atoms with E-state index in [1.807, 2.05) is 6.92 Å². The van der Waals surface area contributed by atoms with Gasteiger partial charge in [0.2, 0.25) is 12.3 Å². The van der Waals surface area contributed by atoms with Crippen molar-refractivity contribution in [2.45, 2.75) is 20.0 Å². The number of rotatable bonds is 14. The Morgan fingerprint density at radius 3 is 2.57 bits per heavy atom. The molecule has 0 radical (unpaired) electrons. The molecule has 0 bridgehead atoms. The number of hydroxylamine groups is 2. The number of halogens is 1. The Labute approximate surface area is 163 Å². The third-order valence-corrected chi connectivity index (χ3v) is 3.97. The van der Waals surface area contributed by atoms with Crippen LogP contribution in [0.3, 0.4) is 0 Å². The number of amides is 2. The molecule has 1 aromatic carbocycles. The molecular formula is C18H27FN4O5. The van der Waals surface area contributed by atoms with Crippen LogP contribution in [0.4, 0.5) is 15.8 Å². The lowest BCUT2D eigenvalue weighted by molar-refractivity contribution is -0.159. The van der Waals surface area contributed by atoms with E-state index in [0.29, 0.717) is 43.9 Å². The predicted molar refractivity (Wildman–Crippen MR) is 102 cm³/mol. The zero-order valence-electron chi connectivity index (χ0n) is 16.3. The van der Waals surface area contributed by atoms with Gasteiger partial charge in [0, 0.05) is 25.7 Å². The van der Waals surface area contributed by atoms with Gasteiger partial charge in [-0.25, -0.2) is 9.45 Å². The molecule has 0 heterocycles. The summed E-state index contributed by atoms with van der Waals surface area (Å²) in [4.78, 5) is 39.0. The lowest BCUT2D eigenvalue weighted by atomic mass is 10.2. The van der Waals surface area contributed by atoms with Crippen molar-refractivity contribution in [3.63, 3.8) is 0 Å². The van der Waals surface area contributed by atoms with Crippen molar-refractivity contribution >= 4 is 30.2 Å². The van der Waals surface area contributed by atoms with Crippen LogP contribution in [0.5, 0.6) is 0 Å². The van der Waals surface area contributed by atoms with Crippen LogP contribution in [0.15, 0.2) is 18.2 Å². The molecule has 2 amide bonds. The van der Waals surface area contributed by atoms with Gasteiger partial charge in [-0.15, -0.1) is 0 Å². The number of ether oxygens (including phenoxy) is 1. The van der Waals surface area contributed by atoms with Crippen LogP contribution in [-0.2, 0) is 24.0 Å². The topological polar surface area (TPSA) is 100 Å². The summed E-state index contributed by atoms with van der Waals surface area (Å²) in [6.45, 7) is 5.15. The zero-order valence-corrected chi connectivity index (χ0v) is 16.3. The number of benzene rings is 1. The first-order valence-electron chi connectivity index (χ1n) is 8.83. The molecule has 0 saturated carbocycles. The molecule has 0 fully saturated rings. The Balaban J connectivity index is 2.71. The summed E-state index contributed by atoms with van der Waals surface area (Å²) in [5.74, 6) is -0.673. The van der Waals surface area contributed by atoms with E-state index in [0.717, 1.165) is 5.06 Å². The number of nitrogens with one attached hydrogen (secondary N) is 2.